The fraction of sp³-hybridized carbons (Fsp3) is 0.625. The molecule has 0 spiro atoms. The second-order valence-electron chi connectivity index (χ2n) is 4.02. The first kappa shape index (κ1) is 19.3. The van der Waals surface area contributed by atoms with Crippen LogP contribution in [0.3, 0.4) is 0 Å². The third kappa shape index (κ3) is 10.2. The van der Waals surface area contributed by atoms with Gasteiger partial charge < -0.3 is 10.6 Å². The van der Waals surface area contributed by atoms with Crippen molar-refractivity contribution in [2.45, 2.75) is 41.0 Å². The van der Waals surface area contributed by atoms with Crippen molar-refractivity contribution in [2.24, 2.45) is 5.92 Å². The first-order valence-corrected chi connectivity index (χ1v) is 7.00. The van der Waals surface area contributed by atoms with Gasteiger partial charge in [-0.2, -0.15) is 0 Å². The summed E-state index contributed by atoms with van der Waals surface area (Å²) in [6.07, 6.45) is 7.46. The topological polar surface area (TPSA) is 24.1 Å². The summed E-state index contributed by atoms with van der Waals surface area (Å²) in [5.41, 5.74) is 2.49. The molecule has 0 saturated carbocycles. The molecule has 0 fully saturated rings. The summed E-state index contributed by atoms with van der Waals surface area (Å²) in [6, 6.07) is 0. The molecule has 0 aromatic heterocycles. The minimum absolute atomic E-state index is 0.472. The first-order valence-electron chi connectivity index (χ1n) is 7.00. The smallest absolute Gasteiger partial charge is 0.0269 e. The maximum Gasteiger partial charge on any atom is 0.0269 e. The van der Waals surface area contributed by atoms with E-state index in [1.54, 1.807) is 0 Å². The fourth-order valence-corrected chi connectivity index (χ4v) is 1.50. The molecule has 0 heterocycles. The van der Waals surface area contributed by atoms with Crippen LogP contribution in [0.2, 0.25) is 0 Å². The molecule has 0 aromatic carbocycles. The van der Waals surface area contributed by atoms with Crippen LogP contribution >= 0.6 is 0 Å². The monoisotopic (exact) mass is 252 g/mol. The molecule has 0 amide bonds. The fourth-order valence-electron chi connectivity index (χ4n) is 1.50. The van der Waals surface area contributed by atoms with E-state index in [2.05, 4.69) is 49.3 Å². The highest BCUT2D eigenvalue weighted by Crippen LogP contribution is 2.17. The number of allylic oxidation sites excluding steroid dienone is 5. The molecule has 18 heavy (non-hydrogen) atoms. The molecule has 0 aliphatic carbocycles. The van der Waals surface area contributed by atoms with Crippen LogP contribution in [0.4, 0.5) is 0 Å². The number of hydrogen-bond donors (Lipinski definition) is 2. The van der Waals surface area contributed by atoms with Crippen LogP contribution < -0.4 is 10.6 Å². The van der Waals surface area contributed by atoms with Gasteiger partial charge in [0.2, 0.25) is 0 Å². The Kier molecular flexibility index (Phi) is 15.1. The van der Waals surface area contributed by atoms with E-state index in [9.17, 15) is 0 Å². The summed E-state index contributed by atoms with van der Waals surface area (Å²) < 4.78 is 0. The maximum atomic E-state index is 4.08. The molecule has 0 radical (unpaired) electrons. The lowest BCUT2D eigenvalue weighted by Crippen LogP contribution is -2.26. The molecule has 0 aliphatic heterocycles. The summed E-state index contributed by atoms with van der Waals surface area (Å²) in [7, 11) is 1.96. The van der Waals surface area contributed by atoms with E-state index in [0.29, 0.717) is 5.92 Å². The van der Waals surface area contributed by atoms with Crippen molar-refractivity contribution in [3.63, 3.8) is 0 Å². The Balaban J connectivity index is 0. The van der Waals surface area contributed by atoms with Crippen molar-refractivity contribution in [3.8, 4) is 0 Å². The molecule has 106 valence electrons. The van der Waals surface area contributed by atoms with E-state index in [1.165, 1.54) is 5.57 Å². The predicted octanol–water partition coefficient (Wildman–Crippen LogP) is 3.88. The molecule has 1 unspecified atom stereocenters. The highest BCUT2D eigenvalue weighted by molar-refractivity contribution is 5.19. The van der Waals surface area contributed by atoms with Gasteiger partial charge >= 0.3 is 0 Å². The quantitative estimate of drug-likeness (QED) is 0.506. The molecule has 0 bridgehead atoms. The Morgan fingerprint density at radius 3 is 2.28 bits per heavy atom. The summed E-state index contributed by atoms with van der Waals surface area (Å²) in [4.78, 5) is 0. The van der Waals surface area contributed by atoms with Crippen LogP contribution in [-0.4, -0.2) is 20.1 Å². The molecule has 0 aliphatic rings. The van der Waals surface area contributed by atoms with Crippen LogP contribution in [-0.2, 0) is 0 Å². The van der Waals surface area contributed by atoms with Gasteiger partial charge in [-0.15, -0.1) is 0 Å². The number of nitrogens with one attached hydrogen (secondary N) is 2. The van der Waals surface area contributed by atoms with Gasteiger partial charge in [-0.25, -0.2) is 0 Å². The third-order valence-corrected chi connectivity index (χ3v) is 2.62. The van der Waals surface area contributed by atoms with E-state index in [4.69, 9.17) is 0 Å². The van der Waals surface area contributed by atoms with Gasteiger partial charge in [-0.3, -0.25) is 0 Å². The summed E-state index contributed by atoms with van der Waals surface area (Å²) >= 11 is 0. The Morgan fingerprint density at radius 2 is 1.83 bits per heavy atom. The van der Waals surface area contributed by atoms with Crippen molar-refractivity contribution in [3.05, 3.63) is 36.1 Å². The second kappa shape index (κ2) is 14.0. The van der Waals surface area contributed by atoms with Gasteiger partial charge in [0, 0.05) is 18.8 Å². The minimum atomic E-state index is 0.472. The molecular formula is C16H32N2. The summed E-state index contributed by atoms with van der Waals surface area (Å²) in [6.45, 7) is 16.3. The highest BCUT2D eigenvalue weighted by atomic mass is 14.9. The number of likely N-dealkylation sites (N-methyl/N-ethyl adjacent to an activating group) is 1. The van der Waals surface area contributed by atoms with Gasteiger partial charge in [0.1, 0.15) is 0 Å². The Bertz CT molecular complexity index is 252. The molecule has 0 rings (SSSR count). The first-order chi connectivity index (χ1) is 8.65. The molecule has 2 nitrogen and oxygen atoms in total. The lowest BCUT2D eigenvalue weighted by Gasteiger charge is -2.17. The average Bonchev–Trinajstić information content (AvgIpc) is 2.40. The van der Waals surface area contributed by atoms with Gasteiger partial charge in [-0.1, -0.05) is 51.2 Å². The highest BCUT2D eigenvalue weighted by Gasteiger charge is 2.07. The van der Waals surface area contributed by atoms with Gasteiger partial charge in [0.25, 0.3) is 0 Å². The summed E-state index contributed by atoms with van der Waals surface area (Å²) in [5, 5.41) is 6.45. The van der Waals surface area contributed by atoms with Crippen molar-refractivity contribution >= 4 is 0 Å². The molecule has 0 saturated heterocycles. The third-order valence-electron chi connectivity index (χ3n) is 2.62. The Hall–Kier alpha value is -1.02. The van der Waals surface area contributed by atoms with Crippen molar-refractivity contribution in [1.82, 2.24) is 10.6 Å². The van der Waals surface area contributed by atoms with E-state index < -0.39 is 0 Å². The van der Waals surface area contributed by atoms with Crippen LogP contribution in [0.15, 0.2) is 36.1 Å². The van der Waals surface area contributed by atoms with E-state index in [0.717, 1.165) is 25.2 Å². The van der Waals surface area contributed by atoms with Crippen molar-refractivity contribution in [1.29, 1.82) is 0 Å². The average molecular weight is 252 g/mol. The number of hydrogen-bond acceptors (Lipinski definition) is 2. The normalized spacial score (nSPS) is 12.9. The van der Waals surface area contributed by atoms with E-state index in [-0.39, 0.29) is 0 Å². The zero-order valence-electron chi connectivity index (χ0n) is 13.1. The maximum absolute atomic E-state index is 4.08. The Labute approximate surface area is 114 Å². The largest absolute Gasteiger partial charge is 0.387 e. The summed E-state index contributed by atoms with van der Waals surface area (Å²) in [5.74, 6) is 0.472. The van der Waals surface area contributed by atoms with Crippen molar-refractivity contribution in [2.75, 3.05) is 20.1 Å². The molecule has 2 heteroatoms. The molecule has 0 aromatic rings. The molecular weight excluding hydrogens is 220 g/mol. The van der Waals surface area contributed by atoms with Gasteiger partial charge in [-0.05, 0) is 33.2 Å². The predicted molar refractivity (Wildman–Crippen MR) is 84.8 cm³/mol. The second-order valence-corrected chi connectivity index (χ2v) is 4.02. The van der Waals surface area contributed by atoms with E-state index in [1.807, 2.05) is 27.8 Å². The minimum Gasteiger partial charge on any atom is -0.387 e. The van der Waals surface area contributed by atoms with Crippen LogP contribution in [0, 0.1) is 5.92 Å². The van der Waals surface area contributed by atoms with Crippen LogP contribution in [0.25, 0.3) is 0 Å². The van der Waals surface area contributed by atoms with Crippen LogP contribution in [0.5, 0.6) is 0 Å². The zero-order valence-corrected chi connectivity index (χ0v) is 13.1. The zero-order chi connectivity index (χ0) is 14.4. The number of rotatable bonds is 8. The lowest BCUT2D eigenvalue weighted by molar-refractivity contribution is 0.596. The Morgan fingerprint density at radius 1 is 1.22 bits per heavy atom. The molecule has 1 atom stereocenters. The van der Waals surface area contributed by atoms with Gasteiger partial charge in [0.15, 0.2) is 0 Å². The SMILES string of the molecule is C=C(NCCNC)C(C)CC(/C=C\C)=C/C.CC. The standard InChI is InChI=1S/C14H26N2.C2H6/c1-6-8-14(7-2)11-12(3)13(4)16-10-9-15-5;1-2/h6-8,12,15-16H,4,9-11H2,1-3,5H3;1-2H3/b8-6-,14-7+;. The van der Waals surface area contributed by atoms with E-state index >= 15 is 0 Å². The van der Waals surface area contributed by atoms with Gasteiger partial charge in [0.05, 0.1) is 0 Å². The molecule has 2 N–H and O–H groups in total. The van der Waals surface area contributed by atoms with Crippen molar-refractivity contribution < 1.29 is 0 Å². The lowest BCUT2D eigenvalue weighted by atomic mass is 9.98. The van der Waals surface area contributed by atoms with Crippen LogP contribution in [0.1, 0.15) is 41.0 Å².